The summed E-state index contributed by atoms with van der Waals surface area (Å²) in [5, 5.41) is 13.5. The van der Waals surface area contributed by atoms with Crippen molar-refractivity contribution < 1.29 is 14.3 Å². The Labute approximate surface area is 185 Å². The standard InChI is InChI=1S/C22H27N5O3S/c1-13(2)8-19-25-26-22(31-19)24-21(29)15-9-20(28)27(12-15)7-6-14-11-23-18-5-4-16(30-3)10-17(14)18/h4-5,10-11,13,15,23H,6-9,12H2,1-3H3,(H,24,26,29)/t15-/m0/s1. The highest BCUT2D eigenvalue weighted by atomic mass is 32.1. The molecule has 0 radical (unpaired) electrons. The van der Waals surface area contributed by atoms with Crippen LogP contribution in [0.2, 0.25) is 0 Å². The van der Waals surface area contributed by atoms with Gasteiger partial charge in [-0.25, -0.2) is 0 Å². The molecular weight excluding hydrogens is 414 g/mol. The first kappa shape index (κ1) is 21.3. The van der Waals surface area contributed by atoms with Crippen molar-refractivity contribution in [3.8, 4) is 5.75 Å². The number of anilines is 1. The van der Waals surface area contributed by atoms with E-state index in [0.717, 1.165) is 33.6 Å². The lowest BCUT2D eigenvalue weighted by Crippen LogP contribution is -2.30. The van der Waals surface area contributed by atoms with Gasteiger partial charge in [0.2, 0.25) is 16.9 Å². The molecule has 2 amide bonds. The zero-order chi connectivity index (χ0) is 22.0. The van der Waals surface area contributed by atoms with Crippen LogP contribution in [0.3, 0.4) is 0 Å². The van der Waals surface area contributed by atoms with E-state index in [-0.39, 0.29) is 24.2 Å². The maximum atomic E-state index is 12.6. The first-order valence-electron chi connectivity index (χ1n) is 10.5. The number of nitrogens with one attached hydrogen (secondary N) is 2. The van der Waals surface area contributed by atoms with Crippen molar-refractivity contribution in [2.45, 2.75) is 33.1 Å². The largest absolute Gasteiger partial charge is 0.497 e. The molecule has 0 bridgehead atoms. The quantitative estimate of drug-likeness (QED) is 0.559. The summed E-state index contributed by atoms with van der Waals surface area (Å²) in [6.45, 7) is 5.23. The van der Waals surface area contributed by atoms with Crippen LogP contribution in [0.1, 0.15) is 30.8 Å². The van der Waals surface area contributed by atoms with Gasteiger partial charge in [-0.3, -0.25) is 9.59 Å². The van der Waals surface area contributed by atoms with Crippen LogP contribution in [0.25, 0.3) is 10.9 Å². The van der Waals surface area contributed by atoms with E-state index in [1.165, 1.54) is 11.3 Å². The molecule has 2 aromatic heterocycles. The van der Waals surface area contributed by atoms with Gasteiger partial charge in [-0.05, 0) is 36.1 Å². The van der Waals surface area contributed by atoms with Gasteiger partial charge in [0, 0.05) is 43.0 Å². The highest BCUT2D eigenvalue weighted by Gasteiger charge is 2.34. The van der Waals surface area contributed by atoms with Crippen molar-refractivity contribution >= 4 is 39.2 Å². The smallest absolute Gasteiger partial charge is 0.231 e. The lowest BCUT2D eigenvalue weighted by molar-refractivity contribution is -0.128. The summed E-state index contributed by atoms with van der Waals surface area (Å²) in [4.78, 5) is 30.2. The molecule has 1 aromatic carbocycles. The molecule has 3 heterocycles. The Kier molecular flexibility index (Phi) is 6.22. The van der Waals surface area contributed by atoms with Crippen LogP contribution < -0.4 is 10.1 Å². The number of likely N-dealkylation sites (tertiary alicyclic amines) is 1. The minimum atomic E-state index is -0.368. The highest BCUT2D eigenvalue weighted by Crippen LogP contribution is 2.26. The Bertz CT molecular complexity index is 1090. The number of H-pyrrole nitrogens is 1. The van der Waals surface area contributed by atoms with Crippen LogP contribution in [-0.2, 0) is 22.4 Å². The van der Waals surface area contributed by atoms with Crippen LogP contribution in [0.4, 0.5) is 5.13 Å². The van der Waals surface area contributed by atoms with Gasteiger partial charge in [-0.1, -0.05) is 25.2 Å². The zero-order valence-electron chi connectivity index (χ0n) is 18.0. The Morgan fingerprint density at radius 2 is 2.23 bits per heavy atom. The summed E-state index contributed by atoms with van der Waals surface area (Å²) in [6.07, 6.45) is 3.75. The molecule has 0 saturated carbocycles. The van der Waals surface area contributed by atoms with E-state index >= 15 is 0 Å². The summed E-state index contributed by atoms with van der Waals surface area (Å²) < 4.78 is 5.32. The fraction of sp³-hybridized carbons (Fsp3) is 0.455. The number of ether oxygens (including phenoxy) is 1. The molecule has 164 valence electrons. The SMILES string of the molecule is COc1ccc2[nH]cc(CCN3C[C@@H](C(=O)Nc4nnc(CC(C)C)s4)CC3=O)c2c1. The number of carbonyl (C=O) groups is 2. The van der Waals surface area contributed by atoms with E-state index in [9.17, 15) is 9.59 Å². The van der Waals surface area contributed by atoms with E-state index in [0.29, 0.717) is 30.6 Å². The molecule has 0 spiro atoms. The molecule has 1 aliphatic rings. The number of hydrogen-bond donors (Lipinski definition) is 2. The van der Waals surface area contributed by atoms with E-state index in [4.69, 9.17) is 4.74 Å². The van der Waals surface area contributed by atoms with Crippen molar-refractivity contribution in [1.29, 1.82) is 0 Å². The molecule has 2 N–H and O–H groups in total. The number of fused-ring (bicyclic) bond motifs is 1. The number of rotatable bonds is 8. The fourth-order valence-electron chi connectivity index (χ4n) is 3.85. The Hall–Kier alpha value is -2.94. The second-order valence-electron chi connectivity index (χ2n) is 8.30. The van der Waals surface area contributed by atoms with Gasteiger partial charge in [0.15, 0.2) is 0 Å². The predicted molar refractivity (Wildman–Crippen MR) is 120 cm³/mol. The number of carbonyl (C=O) groups excluding carboxylic acids is 2. The molecule has 3 aromatic rings. The van der Waals surface area contributed by atoms with Gasteiger partial charge in [0.1, 0.15) is 10.8 Å². The molecule has 8 nitrogen and oxygen atoms in total. The number of nitrogens with zero attached hydrogens (tertiary/aromatic N) is 3. The average molecular weight is 442 g/mol. The number of hydrogen-bond acceptors (Lipinski definition) is 6. The Morgan fingerprint density at radius 3 is 3.00 bits per heavy atom. The van der Waals surface area contributed by atoms with Crippen molar-refractivity contribution in [3.05, 3.63) is 35.0 Å². The summed E-state index contributed by atoms with van der Waals surface area (Å²) in [7, 11) is 1.65. The number of amides is 2. The predicted octanol–water partition coefficient (Wildman–Crippen LogP) is 3.26. The highest BCUT2D eigenvalue weighted by molar-refractivity contribution is 7.15. The van der Waals surface area contributed by atoms with Gasteiger partial charge in [0.25, 0.3) is 0 Å². The average Bonchev–Trinajstić information content (AvgIpc) is 3.44. The van der Waals surface area contributed by atoms with Gasteiger partial charge < -0.3 is 19.9 Å². The van der Waals surface area contributed by atoms with E-state index in [2.05, 4.69) is 34.3 Å². The molecule has 4 rings (SSSR count). The first-order valence-corrected chi connectivity index (χ1v) is 11.3. The Morgan fingerprint density at radius 1 is 1.39 bits per heavy atom. The molecule has 0 unspecified atom stereocenters. The molecule has 1 atom stereocenters. The molecule has 1 aliphatic heterocycles. The van der Waals surface area contributed by atoms with Crippen LogP contribution in [-0.4, -0.2) is 52.1 Å². The molecule has 0 aliphatic carbocycles. The van der Waals surface area contributed by atoms with Crippen molar-refractivity contribution in [2.24, 2.45) is 11.8 Å². The van der Waals surface area contributed by atoms with E-state index in [1.54, 1.807) is 12.0 Å². The maximum absolute atomic E-state index is 12.6. The van der Waals surface area contributed by atoms with Gasteiger partial charge in [-0.2, -0.15) is 0 Å². The third-order valence-corrected chi connectivity index (χ3v) is 6.35. The second kappa shape index (κ2) is 9.05. The summed E-state index contributed by atoms with van der Waals surface area (Å²) in [5.41, 5.74) is 2.16. The second-order valence-corrected chi connectivity index (χ2v) is 9.37. The van der Waals surface area contributed by atoms with Crippen LogP contribution in [0, 0.1) is 11.8 Å². The van der Waals surface area contributed by atoms with E-state index in [1.807, 2.05) is 24.4 Å². The minimum Gasteiger partial charge on any atom is -0.497 e. The summed E-state index contributed by atoms with van der Waals surface area (Å²) in [5.74, 6) is 0.759. The topological polar surface area (TPSA) is 100 Å². The maximum Gasteiger partial charge on any atom is 0.231 e. The van der Waals surface area contributed by atoms with Gasteiger partial charge in [0.05, 0.1) is 13.0 Å². The number of methoxy groups -OCH3 is 1. The lowest BCUT2D eigenvalue weighted by Gasteiger charge is -2.16. The van der Waals surface area contributed by atoms with Gasteiger partial charge >= 0.3 is 0 Å². The summed E-state index contributed by atoms with van der Waals surface area (Å²) in [6, 6.07) is 5.90. The monoisotopic (exact) mass is 441 g/mol. The van der Waals surface area contributed by atoms with Gasteiger partial charge in [-0.15, -0.1) is 10.2 Å². The zero-order valence-corrected chi connectivity index (χ0v) is 18.8. The fourth-order valence-corrected chi connectivity index (χ4v) is 4.81. The van der Waals surface area contributed by atoms with Crippen LogP contribution in [0.5, 0.6) is 5.75 Å². The number of aromatic nitrogens is 3. The number of aromatic amines is 1. The normalized spacial score (nSPS) is 16.5. The molecule has 9 heteroatoms. The molecule has 1 fully saturated rings. The van der Waals surface area contributed by atoms with Crippen molar-refractivity contribution in [2.75, 3.05) is 25.5 Å². The molecule has 31 heavy (non-hydrogen) atoms. The number of benzene rings is 1. The minimum absolute atomic E-state index is 0.00957. The third kappa shape index (κ3) is 4.87. The van der Waals surface area contributed by atoms with Crippen LogP contribution in [0.15, 0.2) is 24.4 Å². The molecular formula is C22H27N5O3S. The first-order chi connectivity index (χ1) is 14.9. The van der Waals surface area contributed by atoms with Crippen molar-refractivity contribution in [1.82, 2.24) is 20.1 Å². The Balaban J connectivity index is 1.34. The lowest BCUT2D eigenvalue weighted by atomic mass is 10.1. The molecule has 1 saturated heterocycles. The van der Waals surface area contributed by atoms with E-state index < -0.39 is 0 Å². The third-order valence-electron chi connectivity index (χ3n) is 5.49. The summed E-state index contributed by atoms with van der Waals surface area (Å²) >= 11 is 1.40. The van der Waals surface area contributed by atoms with Crippen LogP contribution >= 0.6 is 11.3 Å². The van der Waals surface area contributed by atoms with Crippen molar-refractivity contribution in [3.63, 3.8) is 0 Å².